The lowest BCUT2D eigenvalue weighted by atomic mass is 10.2. The molecule has 0 saturated carbocycles. The van der Waals surface area contributed by atoms with E-state index in [1.54, 1.807) is 0 Å². The summed E-state index contributed by atoms with van der Waals surface area (Å²) in [5, 5.41) is 12.6. The van der Waals surface area contributed by atoms with E-state index in [9.17, 15) is 4.79 Å². The highest BCUT2D eigenvalue weighted by molar-refractivity contribution is 5.86. The number of hydrogen-bond acceptors (Lipinski definition) is 3. The maximum absolute atomic E-state index is 10.6. The van der Waals surface area contributed by atoms with E-state index < -0.39 is 5.97 Å². The van der Waals surface area contributed by atoms with E-state index >= 15 is 0 Å². The number of hydrogen-bond donors (Lipinski definition) is 2. The van der Waals surface area contributed by atoms with Crippen molar-refractivity contribution >= 4 is 5.97 Å². The molecule has 2 aromatic rings. The standard InChI is InChI=1S/C11H11N3O2/c15-11(16)10-7-13-14(8-10)12-6-9-4-2-1-3-5-9/h1-5,7-8,12H,6H2,(H,15,16). The summed E-state index contributed by atoms with van der Waals surface area (Å²) in [5.74, 6) is -0.979. The first-order valence-corrected chi connectivity index (χ1v) is 4.81. The molecule has 2 rings (SSSR count). The van der Waals surface area contributed by atoms with Crippen LogP contribution in [0.4, 0.5) is 0 Å². The van der Waals surface area contributed by atoms with E-state index in [1.807, 2.05) is 30.3 Å². The van der Waals surface area contributed by atoms with Crippen LogP contribution in [0, 0.1) is 0 Å². The van der Waals surface area contributed by atoms with Gasteiger partial charge in [-0.3, -0.25) is 0 Å². The molecule has 0 aliphatic rings. The van der Waals surface area contributed by atoms with E-state index in [4.69, 9.17) is 5.11 Å². The maximum Gasteiger partial charge on any atom is 0.338 e. The van der Waals surface area contributed by atoms with Gasteiger partial charge in [-0.2, -0.15) is 9.89 Å². The smallest absolute Gasteiger partial charge is 0.338 e. The summed E-state index contributed by atoms with van der Waals surface area (Å²) in [6.07, 6.45) is 2.74. The van der Waals surface area contributed by atoms with E-state index in [-0.39, 0.29) is 5.56 Å². The van der Waals surface area contributed by atoms with Crippen molar-refractivity contribution in [2.24, 2.45) is 0 Å². The predicted molar refractivity (Wildman–Crippen MR) is 58.7 cm³/mol. The molecule has 0 amide bonds. The van der Waals surface area contributed by atoms with Gasteiger partial charge >= 0.3 is 5.97 Å². The van der Waals surface area contributed by atoms with Gasteiger partial charge in [0.05, 0.1) is 24.5 Å². The molecule has 0 fully saturated rings. The molecule has 0 atom stereocenters. The molecule has 1 aromatic heterocycles. The molecule has 82 valence electrons. The van der Waals surface area contributed by atoms with Gasteiger partial charge in [-0.1, -0.05) is 30.3 Å². The molecule has 0 spiro atoms. The van der Waals surface area contributed by atoms with Gasteiger partial charge in [0.2, 0.25) is 0 Å². The first-order chi connectivity index (χ1) is 7.75. The Balaban J connectivity index is 1.97. The molecule has 1 heterocycles. The van der Waals surface area contributed by atoms with Crippen LogP contribution >= 0.6 is 0 Å². The molecule has 5 heteroatoms. The molecule has 5 nitrogen and oxygen atoms in total. The fourth-order valence-corrected chi connectivity index (χ4v) is 1.29. The number of carbonyl (C=O) groups is 1. The molecule has 2 N–H and O–H groups in total. The molecule has 16 heavy (non-hydrogen) atoms. The monoisotopic (exact) mass is 217 g/mol. The molecular weight excluding hydrogens is 206 g/mol. The minimum atomic E-state index is -0.979. The van der Waals surface area contributed by atoms with Crippen LogP contribution in [0.1, 0.15) is 15.9 Å². The second-order valence-corrected chi connectivity index (χ2v) is 3.30. The largest absolute Gasteiger partial charge is 0.478 e. The highest BCUT2D eigenvalue weighted by Crippen LogP contribution is 1.99. The average Bonchev–Trinajstić information content (AvgIpc) is 2.76. The minimum Gasteiger partial charge on any atom is -0.478 e. The second kappa shape index (κ2) is 4.48. The lowest BCUT2D eigenvalue weighted by molar-refractivity contribution is 0.0697. The molecule has 1 aromatic carbocycles. The Labute approximate surface area is 92.3 Å². The third-order valence-corrected chi connectivity index (χ3v) is 2.12. The third kappa shape index (κ3) is 2.38. The van der Waals surface area contributed by atoms with Crippen molar-refractivity contribution in [3.8, 4) is 0 Å². The van der Waals surface area contributed by atoms with Crippen molar-refractivity contribution in [1.82, 2.24) is 9.89 Å². The van der Waals surface area contributed by atoms with Crippen LogP contribution < -0.4 is 5.43 Å². The number of rotatable bonds is 4. The van der Waals surface area contributed by atoms with Gasteiger partial charge in [0, 0.05) is 0 Å². The highest BCUT2D eigenvalue weighted by Gasteiger charge is 2.04. The van der Waals surface area contributed by atoms with Crippen LogP contribution in [0.3, 0.4) is 0 Å². The maximum atomic E-state index is 10.6. The molecule has 0 radical (unpaired) electrons. The summed E-state index contributed by atoms with van der Waals surface area (Å²) in [4.78, 5) is 12.0. The Morgan fingerprint density at radius 2 is 2.12 bits per heavy atom. The van der Waals surface area contributed by atoms with Crippen LogP contribution in [0.25, 0.3) is 0 Å². The Hall–Kier alpha value is -2.30. The Morgan fingerprint density at radius 3 is 2.75 bits per heavy atom. The Kier molecular flexibility index (Phi) is 2.86. The third-order valence-electron chi connectivity index (χ3n) is 2.12. The minimum absolute atomic E-state index is 0.167. The number of nitrogens with one attached hydrogen (secondary N) is 1. The average molecular weight is 217 g/mol. The number of carboxylic acid groups (broad SMARTS) is 1. The van der Waals surface area contributed by atoms with E-state index in [2.05, 4.69) is 10.5 Å². The van der Waals surface area contributed by atoms with Gasteiger partial charge in [-0.15, -0.1) is 0 Å². The van der Waals surface area contributed by atoms with Gasteiger partial charge in [0.1, 0.15) is 0 Å². The summed E-state index contributed by atoms with van der Waals surface area (Å²) >= 11 is 0. The van der Waals surface area contributed by atoms with Crippen LogP contribution in [0.2, 0.25) is 0 Å². The molecule has 0 aliphatic heterocycles. The number of benzene rings is 1. The zero-order chi connectivity index (χ0) is 11.4. The summed E-state index contributed by atoms with van der Waals surface area (Å²) in [7, 11) is 0. The Bertz CT molecular complexity index is 479. The van der Waals surface area contributed by atoms with Gasteiger partial charge in [-0.25, -0.2) is 4.79 Å². The van der Waals surface area contributed by atoms with Gasteiger partial charge in [-0.05, 0) is 5.56 Å². The van der Waals surface area contributed by atoms with Crippen LogP contribution in [0.5, 0.6) is 0 Å². The highest BCUT2D eigenvalue weighted by atomic mass is 16.4. The summed E-state index contributed by atoms with van der Waals surface area (Å²) in [5.41, 5.74) is 4.25. The molecule has 0 bridgehead atoms. The normalized spacial score (nSPS) is 10.0. The number of nitrogens with zero attached hydrogens (tertiary/aromatic N) is 2. The lowest BCUT2D eigenvalue weighted by Crippen LogP contribution is -2.14. The molecule has 0 aliphatic carbocycles. The SMILES string of the molecule is O=C(O)c1cnn(NCc2ccccc2)c1. The quantitative estimate of drug-likeness (QED) is 0.810. The number of aromatic carboxylic acids is 1. The van der Waals surface area contributed by atoms with Crippen LogP contribution in [0.15, 0.2) is 42.7 Å². The fraction of sp³-hybridized carbons (Fsp3) is 0.0909. The van der Waals surface area contributed by atoms with E-state index in [0.29, 0.717) is 6.54 Å². The van der Waals surface area contributed by atoms with Crippen LogP contribution in [-0.4, -0.2) is 21.0 Å². The molecule has 0 unspecified atom stereocenters. The van der Waals surface area contributed by atoms with Gasteiger partial charge in [0.25, 0.3) is 0 Å². The van der Waals surface area contributed by atoms with E-state index in [1.165, 1.54) is 17.2 Å². The summed E-state index contributed by atoms with van der Waals surface area (Å²) < 4.78 is 0. The van der Waals surface area contributed by atoms with Crippen molar-refractivity contribution in [2.45, 2.75) is 6.54 Å². The summed E-state index contributed by atoms with van der Waals surface area (Å²) in [6.45, 7) is 0.599. The van der Waals surface area contributed by atoms with Crippen molar-refractivity contribution in [3.05, 3.63) is 53.9 Å². The van der Waals surface area contributed by atoms with Crippen LogP contribution in [-0.2, 0) is 6.54 Å². The van der Waals surface area contributed by atoms with Gasteiger partial charge in [0.15, 0.2) is 0 Å². The Morgan fingerprint density at radius 1 is 1.38 bits per heavy atom. The zero-order valence-corrected chi connectivity index (χ0v) is 8.50. The lowest BCUT2D eigenvalue weighted by Gasteiger charge is -2.05. The molecular formula is C11H11N3O2. The topological polar surface area (TPSA) is 67.1 Å². The summed E-state index contributed by atoms with van der Waals surface area (Å²) in [6, 6.07) is 9.80. The number of aromatic nitrogens is 2. The first-order valence-electron chi connectivity index (χ1n) is 4.81. The molecule has 0 saturated heterocycles. The van der Waals surface area contributed by atoms with Crippen molar-refractivity contribution in [3.63, 3.8) is 0 Å². The van der Waals surface area contributed by atoms with Crippen molar-refractivity contribution in [2.75, 3.05) is 5.43 Å². The predicted octanol–water partition coefficient (Wildman–Crippen LogP) is 1.33. The van der Waals surface area contributed by atoms with Gasteiger partial charge < -0.3 is 10.5 Å². The van der Waals surface area contributed by atoms with Crippen molar-refractivity contribution < 1.29 is 9.90 Å². The van der Waals surface area contributed by atoms with E-state index in [0.717, 1.165) is 5.56 Å². The van der Waals surface area contributed by atoms with Crippen molar-refractivity contribution in [1.29, 1.82) is 0 Å². The first kappa shape index (κ1) is 10.2. The second-order valence-electron chi connectivity index (χ2n) is 3.30. The number of carboxylic acids is 1. The fourth-order valence-electron chi connectivity index (χ4n) is 1.29. The zero-order valence-electron chi connectivity index (χ0n) is 8.50.